The second kappa shape index (κ2) is 5.98. The highest BCUT2D eigenvalue weighted by atomic mass is 16.2. The molecular weight excluding hydrogens is 258 g/mol. The molecule has 0 unspecified atom stereocenters. The maximum atomic E-state index is 11.1. The molecule has 0 fully saturated rings. The molecule has 2 aromatic rings. The van der Waals surface area contributed by atoms with Crippen LogP contribution in [0, 0.1) is 0 Å². The fourth-order valence-electron chi connectivity index (χ4n) is 1.77. The van der Waals surface area contributed by atoms with Gasteiger partial charge in [0.15, 0.2) is 0 Å². The predicted molar refractivity (Wildman–Crippen MR) is 72.3 cm³/mol. The Morgan fingerprint density at radius 2 is 1.80 bits per heavy atom. The number of nitrogens with zero attached hydrogens (tertiary/aromatic N) is 2. The monoisotopic (exact) mass is 273 g/mol. The number of benzene rings is 1. The zero-order valence-electron chi connectivity index (χ0n) is 10.7. The number of hydrazine groups is 1. The highest BCUT2D eigenvalue weighted by Gasteiger charge is 2.05. The molecule has 0 aliphatic rings. The highest BCUT2D eigenvalue weighted by molar-refractivity contribution is 5.90. The fourth-order valence-corrected chi connectivity index (χ4v) is 1.77. The van der Waals surface area contributed by atoms with Crippen LogP contribution in [0.1, 0.15) is 21.6 Å². The van der Waals surface area contributed by atoms with Crippen LogP contribution in [0.25, 0.3) is 0 Å². The molecule has 1 aromatic heterocycles. The summed E-state index contributed by atoms with van der Waals surface area (Å²) < 4.78 is 1.63. The molecule has 0 radical (unpaired) electrons. The van der Waals surface area contributed by atoms with E-state index in [1.165, 1.54) is 0 Å². The summed E-state index contributed by atoms with van der Waals surface area (Å²) in [5.41, 5.74) is 9.33. The lowest BCUT2D eigenvalue weighted by molar-refractivity contribution is -0.120. The average molecular weight is 273 g/mol. The Kier molecular flexibility index (Phi) is 4.11. The van der Waals surface area contributed by atoms with Crippen LogP contribution in [0.15, 0.2) is 36.5 Å². The van der Waals surface area contributed by atoms with E-state index in [9.17, 15) is 9.59 Å². The molecule has 0 aliphatic heterocycles. The van der Waals surface area contributed by atoms with Crippen LogP contribution in [0.3, 0.4) is 0 Å². The molecule has 5 N–H and O–H groups in total. The number of hydrogen-bond donors (Lipinski definition) is 3. The molecule has 2 rings (SSSR count). The number of hydrogen-bond acceptors (Lipinski definition) is 4. The minimum Gasteiger partial charge on any atom is -0.364 e. The van der Waals surface area contributed by atoms with Crippen molar-refractivity contribution in [1.29, 1.82) is 0 Å². The Bertz CT molecular complexity index is 618. The summed E-state index contributed by atoms with van der Waals surface area (Å²) in [6.45, 7) is 0.524. The van der Waals surface area contributed by atoms with Crippen LogP contribution < -0.4 is 17.0 Å². The molecule has 20 heavy (non-hydrogen) atoms. The summed E-state index contributed by atoms with van der Waals surface area (Å²) in [5.74, 6) is 4.24. The lowest BCUT2D eigenvalue weighted by atomic mass is 10.1. The molecule has 0 aliphatic carbocycles. The van der Waals surface area contributed by atoms with E-state index < -0.39 is 5.91 Å². The van der Waals surface area contributed by atoms with Crippen LogP contribution in [0.4, 0.5) is 0 Å². The topological polar surface area (TPSA) is 116 Å². The van der Waals surface area contributed by atoms with Gasteiger partial charge in [-0.15, -0.1) is 0 Å². The molecule has 0 saturated carbocycles. The third-order valence-electron chi connectivity index (χ3n) is 2.79. The number of amides is 2. The Balaban J connectivity index is 2.02. The molecule has 104 valence electrons. The molecule has 1 aromatic carbocycles. The van der Waals surface area contributed by atoms with Crippen molar-refractivity contribution >= 4 is 11.8 Å². The van der Waals surface area contributed by atoms with Gasteiger partial charge in [-0.3, -0.25) is 19.7 Å². The minimum absolute atomic E-state index is 0.237. The highest BCUT2D eigenvalue weighted by Crippen LogP contribution is 2.07. The lowest BCUT2D eigenvalue weighted by Crippen LogP contribution is -2.31. The molecular formula is C13H15N5O2. The van der Waals surface area contributed by atoms with Gasteiger partial charge in [0.25, 0.3) is 5.91 Å². The first-order chi connectivity index (χ1) is 9.58. The number of nitrogens with two attached hydrogens (primary N) is 2. The van der Waals surface area contributed by atoms with Crippen molar-refractivity contribution < 1.29 is 9.59 Å². The Labute approximate surface area is 115 Å². The van der Waals surface area contributed by atoms with Gasteiger partial charge in [0.2, 0.25) is 5.91 Å². The van der Waals surface area contributed by atoms with Gasteiger partial charge >= 0.3 is 0 Å². The third kappa shape index (κ3) is 3.42. The van der Waals surface area contributed by atoms with Crippen LogP contribution in [-0.2, 0) is 17.8 Å². The van der Waals surface area contributed by atoms with Crippen molar-refractivity contribution in [2.45, 2.75) is 13.0 Å². The van der Waals surface area contributed by atoms with E-state index in [1.54, 1.807) is 16.9 Å². The lowest BCUT2D eigenvalue weighted by Gasteiger charge is -2.04. The van der Waals surface area contributed by atoms with E-state index in [2.05, 4.69) is 10.5 Å². The van der Waals surface area contributed by atoms with Crippen molar-refractivity contribution in [3.05, 3.63) is 53.3 Å². The smallest absolute Gasteiger partial charge is 0.269 e. The van der Waals surface area contributed by atoms with Gasteiger partial charge in [-0.05, 0) is 17.2 Å². The Morgan fingerprint density at radius 1 is 1.15 bits per heavy atom. The summed E-state index contributed by atoms with van der Waals surface area (Å²) in [6.07, 6.45) is 1.93. The zero-order chi connectivity index (χ0) is 14.5. The second-order valence-electron chi connectivity index (χ2n) is 4.32. The zero-order valence-corrected chi connectivity index (χ0v) is 10.7. The van der Waals surface area contributed by atoms with Gasteiger partial charge in [0, 0.05) is 6.20 Å². The summed E-state index contributed by atoms with van der Waals surface area (Å²) in [4.78, 5) is 22.1. The number of nitrogens with one attached hydrogen (secondary N) is 1. The molecule has 0 bridgehead atoms. The number of carbonyl (C=O) groups excluding carboxylic acids is 2. The SMILES string of the molecule is NNC(=O)Cc1ccc(Cn2ccc(C(N)=O)n2)cc1. The summed E-state index contributed by atoms with van der Waals surface area (Å²) >= 11 is 0. The average Bonchev–Trinajstić information content (AvgIpc) is 2.89. The standard InChI is InChI=1S/C13H15N5O2/c14-13(20)11-5-6-18(17-11)8-10-3-1-9(2-4-10)7-12(19)16-15/h1-6H,7-8,15H2,(H2,14,20)(H,16,19). The first-order valence-corrected chi connectivity index (χ1v) is 5.99. The van der Waals surface area contributed by atoms with Crippen molar-refractivity contribution in [1.82, 2.24) is 15.2 Å². The maximum absolute atomic E-state index is 11.1. The van der Waals surface area contributed by atoms with Crippen LogP contribution in [-0.4, -0.2) is 21.6 Å². The van der Waals surface area contributed by atoms with Crippen LogP contribution in [0.5, 0.6) is 0 Å². The van der Waals surface area contributed by atoms with Gasteiger partial charge in [-0.25, -0.2) is 5.84 Å². The van der Waals surface area contributed by atoms with E-state index in [0.717, 1.165) is 11.1 Å². The van der Waals surface area contributed by atoms with Gasteiger partial charge in [0.05, 0.1) is 13.0 Å². The van der Waals surface area contributed by atoms with Crippen LogP contribution >= 0.6 is 0 Å². The van der Waals surface area contributed by atoms with Crippen LogP contribution in [0.2, 0.25) is 0 Å². The van der Waals surface area contributed by atoms with Gasteiger partial charge in [0.1, 0.15) is 5.69 Å². The molecule has 2 amide bonds. The van der Waals surface area contributed by atoms with Crippen molar-refractivity contribution in [3.8, 4) is 0 Å². The van der Waals surface area contributed by atoms with Crippen molar-refractivity contribution in [3.63, 3.8) is 0 Å². The summed E-state index contributed by atoms with van der Waals surface area (Å²) in [6, 6.07) is 9.06. The number of aromatic nitrogens is 2. The molecule has 0 saturated heterocycles. The maximum Gasteiger partial charge on any atom is 0.269 e. The number of primary amides is 1. The van der Waals surface area contributed by atoms with Crippen molar-refractivity contribution in [2.24, 2.45) is 11.6 Å². The fraction of sp³-hybridized carbons (Fsp3) is 0.154. The van der Waals surface area contributed by atoms with E-state index >= 15 is 0 Å². The third-order valence-corrected chi connectivity index (χ3v) is 2.79. The van der Waals surface area contributed by atoms with E-state index in [4.69, 9.17) is 11.6 Å². The molecule has 7 nitrogen and oxygen atoms in total. The molecule has 7 heteroatoms. The minimum atomic E-state index is -0.549. The predicted octanol–water partition coefficient (Wildman–Crippen LogP) is -0.437. The van der Waals surface area contributed by atoms with Crippen molar-refractivity contribution in [2.75, 3.05) is 0 Å². The van der Waals surface area contributed by atoms with Gasteiger partial charge in [-0.1, -0.05) is 24.3 Å². The normalized spacial score (nSPS) is 10.2. The molecule has 0 spiro atoms. The largest absolute Gasteiger partial charge is 0.364 e. The molecule has 0 atom stereocenters. The first-order valence-electron chi connectivity index (χ1n) is 5.99. The number of rotatable bonds is 5. The summed E-state index contributed by atoms with van der Waals surface area (Å²) in [7, 11) is 0. The second-order valence-corrected chi connectivity index (χ2v) is 4.32. The van der Waals surface area contributed by atoms with Gasteiger partial charge in [-0.2, -0.15) is 5.10 Å². The van der Waals surface area contributed by atoms with E-state index in [0.29, 0.717) is 6.54 Å². The van der Waals surface area contributed by atoms with E-state index in [-0.39, 0.29) is 18.0 Å². The first kappa shape index (κ1) is 13.8. The van der Waals surface area contributed by atoms with Gasteiger partial charge < -0.3 is 5.73 Å². The Hall–Kier alpha value is -2.67. The number of carbonyl (C=O) groups is 2. The Morgan fingerprint density at radius 3 is 2.35 bits per heavy atom. The van der Waals surface area contributed by atoms with E-state index in [1.807, 2.05) is 24.3 Å². The molecule has 1 heterocycles. The quantitative estimate of drug-likeness (QED) is 0.389. The summed E-state index contributed by atoms with van der Waals surface area (Å²) in [5, 5.41) is 4.05.